The van der Waals surface area contributed by atoms with Crippen molar-refractivity contribution in [2.75, 3.05) is 20.1 Å². The molecule has 0 aliphatic carbocycles. The van der Waals surface area contributed by atoms with Gasteiger partial charge in [0.25, 0.3) is 5.91 Å². The number of ketones is 1. The van der Waals surface area contributed by atoms with Crippen LogP contribution in [0.25, 0.3) is 0 Å². The van der Waals surface area contributed by atoms with Crippen molar-refractivity contribution in [3.63, 3.8) is 0 Å². The molecular weight excluding hydrogens is 352 g/mol. The van der Waals surface area contributed by atoms with Crippen LogP contribution in [0.2, 0.25) is 0 Å². The predicted molar refractivity (Wildman–Crippen MR) is 101 cm³/mol. The van der Waals surface area contributed by atoms with Crippen LogP contribution in [0.15, 0.2) is 29.3 Å². The van der Waals surface area contributed by atoms with E-state index in [-0.39, 0.29) is 29.0 Å². The van der Waals surface area contributed by atoms with Gasteiger partial charge in [0.2, 0.25) is 0 Å². The fourth-order valence-electron chi connectivity index (χ4n) is 3.12. The zero-order chi connectivity index (χ0) is 18.8. The fourth-order valence-corrected chi connectivity index (χ4v) is 4.30. The molecule has 1 saturated heterocycles. The summed E-state index contributed by atoms with van der Waals surface area (Å²) in [7, 11) is 1.59. The van der Waals surface area contributed by atoms with Crippen molar-refractivity contribution in [2.45, 2.75) is 31.7 Å². The van der Waals surface area contributed by atoms with E-state index in [1.54, 1.807) is 35.9 Å². The number of Topliss-reactive ketones (excluding diaryl/α,β-unsaturated/α-hetero) is 1. The molecule has 1 aromatic carbocycles. The molecule has 2 heterocycles. The second-order valence-corrected chi connectivity index (χ2v) is 7.55. The molecule has 0 spiro atoms. The number of aliphatic imine (C=N–C) groups is 1. The molecule has 3 amide bonds. The molecule has 1 aromatic rings. The minimum atomic E-state index is -0.212. The maximum atomic E-state index is 12.7. The number of amidine groups is 1. The highest BCUT2D eigenvalue weighted by Crippen LogP contribution is 2.31. The van der Waals surface area contributed by atoms with E-state index in [0.717, 1.165) is 5.56 Å². The summed E-state index contributed by atoms with van der Waals surface area (Å²) < 4.78 is 0. The van der Waals surface area contributed by atoms with E-state index in [1.165, 1.54) is 11.8 Å². The number of carbonyl (C=O) groups excluding carboxylic acids is 3. The highest BCUT2D eigenvalue weighted by Gasteiger charge is 2.39. The van der Waals surface area contributed by atoms with Gasteiger partial charge >= 0.3 is 6.03 Å². The van der Waals surface area contributed by atoms with Gasteiger partial charge in [0.15, 0.2) is 5.17 Å². The molecule has 2 aliphatic heterocycles. The normalized spacial score (nSPS) is 22.6. The first-order chi connectivity index (χ1) is 12.4. The van der Waals surface area contributed by atoms with Crippen molar-refractivity contribution in [1.82, 2.24) is 15.1 Å². The minimum Gasteiger partial charge on any atom is -0.355 e. The number of urea groups is 1. The van der Waals surface area contributed by atoms with Gasteiger partial charge in [0, 0.05) is 32.2 Å². The first kappa shape index (κ1) is 18.4. The van der Waals surface area contributed by atoms with Gasteiger partial charge in [0.1, 0.15) is 5.78 Å². The largest absolute Gasteiger partial charge is 0.355 e. The number of carbonyl (C=O) groups is 3. The quantitative estimate of drug-likeness (QED) is 0.870. The summed E-state index contributed by atoms with van der Waals surface area (Å²) in [4.78, 5) is 44.1. The molecule has 0 radical (unpaired) electrons. The maximum Gasteiger partial charge on any atom is 0.326 e. The topological polar surface area (TPSA) is 82.1 Å². The average Bonchev–Trinajstić information content (AvgIpc) is 3.17. The van der Waals surface area contributed by atoms with Crippen molar-refractivity contribution in [3.05, 3.63) is 35.4 Å². The third kappa shape index (κ3) is 3.60. The molecule has 1 fully saturated rings. The van der Waals surface area contributed by atoms with E-state index in [0.29, 0.717) is 30.4 Å². The fraction of sp³-hybridized carbons (Fsp3) is 0.444. The van der Waals surface area contributed by atoms with Gasteiger partial charge in [0.05, 0.1) is 11.3 Å². The van der Waals surface area contributed by atoms with Crippen LogP contribution in [0, 0.1) is 0 Å². The number of nitrogens with one attached hydrogen (secondary N) is 1. The number of benzene rings is 1. The number of hydrogen-bond donors (Lipinski definition) is 1. The number of nitrogens with zero attached hydrogens (tertiary/aromatic N) is 3. The molecule has 0 aromatic heterocycles. The Balaban J connectivity index is 1.68. The lowest BCUT2D eigenvalue weighted by molar-refractivity contribution is -0.116. The van der Waals surface area contributed by atoms with Crippen molar-refractivity contribution in [1.29, 1.82) is 0 Å². The van der Waals surface area contributed by atoms with Gasteiger partial charge in [-0.05, 0) is 31.5 Å². The SMILES string of the molecule is CNC(=O)c1cccc(CN2CCN(C3=NC(C)C(C(C)=O)S3)C2=O)c1. The molecule has 26 heavy (non-hydrogen) atoms. The van der Waals surface area contributed by atoms with Gasteiger partial charge in [-0.25, -0.2) is 4.79 Å². The van der Waals surface area contributed by atoms with Crippen molar-refractivity contribution in [3.8, 4) is 0 Å². The monoisotopic (exact) mass is 374 g/mol. The Labute approximate surface area is 156 Å². The molecule has 1 N–H and O–H groups in total. The third-order valence-electron chi connectivity index (χ3n) is 4.50. The summed E-state index contributed by atoms with van der Waals surface area (Å²) in [6.07, 6.45) is 0. The van der Waals surface area contributed by atoms with Crippen LogP contribution >= 0.6 is 11.8 Å². The van der Waals surface area contributed by atoms with Gasteiger partial charge in [-0.1, -0.05) is 23.9 Å². The Hall–Kier alpha value is -2.35. The molecule has 0 saturated carbocycles. The van der Waals surface area contributed by atoms with Crippen LogP contribution in [0.4, 0.5) is 4.79 Å². The Morgan fingerprint density at radius 3 is 2.77 bits per heavy atom. The number of hydrogen-bond acceptors (Lipinski definition) is 5. The Morgan fingerprint density at radius 2 is 2.12 bits per heavy atom. The highest BCUT2D eigenvalue weighted by molar-refractivity contribution is 8.15. The van der Waals surface area contributed by atoms with Crippen LogP contribution in [0.1, 0.15) is 29.8 Å². The van der Waals surface area contributed by atoms with Gasteiger partial charge < -0.3 is 10.2 Å². The van der Waals surface area contributed by atoms with Gasteiger partial charge in [-0.3, -0.25) is 19.5 Å². The lowest BCUT2D eigenvalue weighted by Crippen LogP contribution is -2.34. The van der Waals surface area contributed by atoms with Crippen LogP contribution in [0.3, 0.4) is 0 Å². The summed E-state index contributed by atoms with van der Waals surface area (Å²) in [6.45, 7) is 5.03. The lowest BCUT2D eigenvalue weighted by Gasteiger charge is -2.18. The molecule has 2 unspecified atom stereocenters. The van der Waals surface area contributed by atoms with E-state index >= 15 is 0 Å². The van der Waals surface area contributed by atoms with Crippen LogP contribution in [0.5, 0.6) is 0 Å². The zero-order valence-electron chi connectivity index (χ0n) is 15.1. The van der Waals surface area contributed by atoms with E-state index < -0.39 is 0 Å². The zero-order valence-corrected chi connectivity index (χ0v) is 15.9. The second-order valence-electron chi connectivity index (χ2n) is 6.44. The van der Waals surface area contributed by atoms with E-state index in [4.69, 9.17) is 0 Å². The second kappa shape index (κ2) is 7.49. The molecule has 138 valence electrons. The Morgan fingerprint density at radius 1 is 1.35 bits per heavy atom. The van der Waals surface area contributed by atoms with Crippen LogP contribution < -0.4 is 5.32 Å². The maximum absolute atomic E-state index is 12.7. The standard InChI is InChI=1S/C18H22N4O3S/c1-11-15(12(2)23)26-17(20-11)22-8-7-21(18(22)25)10-13-5-4-6-14(9-13)16(24)19-3/h4-6,9,11,15H,7-8,10H2,1-3H3,(H,19,24). The molecule has 0 bridgehead atoms. The average molecular weight is 374 g/mol. The molecule has 2 atom stereocenters. The summed E-state index contributed by atoms with van der Waals surface area (Å²) in [6, 6.07) is 7.03. The van der Waals surface area contributed by atoms with Crippen LogP contribution in [-0.4, -0.2) is 64.1 Å². The van der Waals surface area contributed by atoms with Crippen molar-refractivity contribution >= 4 is 34.7 Å². The molecule has 3 rings (SSSR count). The lowest BCUT2D eigenvalue weighted by atomic mass is 10.1. The minimum absolute atomic E-state index is 0.0794. The highest BCUT2D eigenvalue weighted by atomic mass is 32.2. The molecule has 8 heteroatoms. The summed E-state index contributed by atoms with van der Waals surface area (Å²) >= 11 is 1.37. The van der Waals surface area contributed by atoms with Gasteiger partial charge in [-0.2, -0.15) is 0 Å². The van der Waals surface area contributed by atoms with Gasteiger partial charge in [-0.15, -0.1) is 0 Å². The summed E-state index contributed by atoms with van der Waals surface area (Å²) in [5.74, 6) is -0.0713. The summed E-state index contributed by atoms with van der Waals surface area (Å²) in [5, 5.41) is 3.02. The van der Waals surface area contributed by atoms with Crippen LogP contribution in [-0.2, 0) is 11.3 Å². The van der Waals surface area contributed by atoms with Crippen molar-refractivity contribution in [2.24, 2.45) is 4.99 Å². The molecule has 7 nitrogen and oxygen atoms in total. The predicted octanol–water partition coefficient (Wildman–Crippen LogP) is 1.73. The number of rotatable bonds is 4. The Bertz CT molecular complexity index is 779. The van der Waals surface area contributed by atoms with E-state index in [1.807, 2.05) is 19.1 Å². The Kier molecular flexibility index (Phi) is 5.31. The first-order valence-electron chi connectivity index (χ1n) is 8.53. The third-order valence-corrected chi connectivity index (χ3v) is 6.02. The molecular formula is C18H22N4O3S. The number of amides is 3. The van der Waals surface area contributed by atoms with Crippen molar-refractivity contribution < 1.29 is 14.4 Å². The van der Waals surface area contributed by atoms with E-state index in [2.05, 4.69) is 10.3 Å². The summed E-state index contributed by atoms with van der Waals surface area (Å²) in [5.41, 5.74) is 1.47. The number of thioether (sulfide) groups is 1. The molecule has 2 aliphatic rings. The first-order valence-corrected chi connectivity index (χ1v) is 9.41. The van der Waals surface area contributed by atoms with E-state index in [9.17, 15) is 14.4 Å². The smallest absolute Gasteiger partial charge is 0.326 e.